The van der Waals surface area contributed by atoms with Crippen LogP contribution in [0, 0.1) is 0 Å². The fourth-order valence-electron chi connectivity index (χ4n) is 1.68. The molecule has 0 fully saturated rings. The lowest BCUT2D eigenvalue weighted by atomic mass is 10.1. The molecule has 0 saturated carbocycles. The van der Waals surface area contributed by atoms with Crippen LogP contribution in [0.2, 0.25) is 10.0 Å². The Morgan fingerprint density at radius 3 is 2.21 bits per heavy atom. The molecule has 0 amide bonds. The van der Waals surface area contributed by atoms with E-state index in [4.69, 9.17) is 33.0 Å². The molecule has 0 bridgehead atoms. The molecule has 2 nitrogen and oxygen atoms in total. The summed E-state index contributed by atoms with van der Waals surface area (Å²) >= 11 is 11.8. The van der Waals surface area contributed by atoms with E-state index in [-0.39, 0.29) is 6.61 Å². The number of aliphatic hydroxyl groups is 1. The normalized spacial score (nSPS) is 10.5. The number of benzene rings is 2. The summed E-state index contributed by atoms with van der Waals surface area (Å²) in [4.78, 5) is 0. The van der Waals surface area contributed by atoms with Crippen molar-refractivity contribution < 1.29 is 9.84 Å². The molecule has 0 spiro atoms. The highest BCUT2D eigenvalue weighted by Crippen LogP contribution is 2.23. The van der Waals surface area contributed by atoms with Gasteiger partial charge >= 0.3 is 0 Å². The maximum absolute atomic E-state index is 8.83. The first-order chi connectivity index (χ1) is 9.19. The van der Waals surface area contributed by atoms with Crippen molar-refractivity contribution in [1.29, 1.82) is 0 Å². The molecule has 0 atom stereocenters. The summed E-state index contributed by atoms with van der Waals surface area (Å²) in [5, 5.41) is 9.90. The topological polar surface area (TPSA) is 29.5 Å². The molecule has 2 aromatic rings. The summed E-state index contributed by atoms with van der Waals surface area (Å²) in [6.07, 6.45) is 0.660. The molecule has 1 N–H and O–H groups in total. The van der Waals surface area contributed by atoms with Gasteiger partial charge in [-0.1, -0.05) is 41.4 Å². The van der Waals surface area contributed by atoms with Gasteiger partial charge in [0.15, 0.2) is 0 Å². The lowest BCUT2D eigenvalue weighted by molar-refractivity contribution is 0.298. The Balaban J connectivity index is 1.96. The Labute approximate surface area is 122 Å². The third-order valence-electron chi connectivity index (χ3n) is 2.71. The highest BCUT2D eigenvalue weighted by molar-refractivity contribution is 6.42. The molecule has 2 aromatic carbocycles. The van der Waals surface area contributed by atoms with Gasteiger partial charge < -0.3 is 9.84 Å². The van der Waals surface area contributed by atoms with Crippen LogP contribution >= 0.6 is 23.2 Å². The molecule has 0 aromatic heterocycles. The Morgan fingerprint density at radius 2 is 1.58 bits per heavy atom. The van der Waals surface area contributed by atoms with Crippen LogP contribution in [0.15, 0.2) is 42.5 Å². The van der Waals surface area contributed by atoms with Crippen molar-refractivity contribution in [3.63, 3.8) is 0 Å². The standard InChI is InChI=1S/C15H14Cl2O2/c16-14-6-3-12(9-15(14)17)10-19-13-4-1-11(2-5-13)7-8-18/h1-6,9,18H,7-8,10H2. The van der Waals surface area contributed by atoms with Gasteiger partial charge in [0, 0.05) is 6.61 Å². The molecule has 19 heavy (non-hydrogen) atoms. The SMILES string of the molecule is OCCc1ccc(OCc2ccc(Cl)c(Cl)c2)cc1. The second-order valence-electron chi connectivity index (χ2n) is 4.15. The first-order valence-electron chi connectivity index (χ1n) is 5.95. The van der Waals surface area contributed by atoms with Gasteiger partial charge in [-0.3, -0.25) is 0 Å². The van der Waals surface area contributed by atoms with E-state index in [0.29, 0.717) is 23.1 Å². The van der Waals surface area contributed by atoms with Gasteiger partial charge in [-0.15, -0.1) is 0 Å². The van der Waals surface area contributed by atoms with Crippen LogP contribution < -0.4 is 4.74 Å². The smallest absolute Gasteiger partial charge is 0.119 e. The zero-order valence-electron chi connectivity index (χ0n) is 10.3. The van der Waals surface area contributed by atoms with E-state index in [0.717, 1.165) is 16.9 Å². The van der Waals surface area contributed by atoms with Crippen LogP contribution in [0.25, 0.3) is 0 Å². The predicted molar refractivity (Wildman–Crippen MR) is 78.0 cm³/mol. The first kappa shape index (κ1) is 14.2. The van der Waals surface area contributed by atoms with Gasteiger partial charge in [-0.25, -0.2) is 0 Å². The third-order valence-corrected chi connectivity index (χ3v) is 3.45. The van der Waals surface area contributed by atoms with Crippen molar-refractivity contribution in [1.82, 2.24) is 0 Å². The monoisotopic (exact) mass is 296 g/mol. The predicted octanol–water partition coefficient (Wildman–Crippen LogP) is 4.11. The van der Waals surface area contributed by atoms with Crippen molar-refractivity contribution in [2.75, 3.05) is 6.61 Å². The van der Waals surface area contributed by atoms with Crippen LogP contribution in [0.4, 0.5) is 0 Å². The van der Waals surface area contributed by atoms with E-state index in [1.165, 1.54) is 0 Å². The van der Waals surface area contributed by atoms with Crippen molar-refractivity contribution in [2.24, 2.45) is 0 Å². The van der Waals surface area contributed by atoms with Gasteiger partial charge in [0.1, 0.15) is 12.4 Å². The zero-order valence-corrected chi connectivity index (χ0v) is 11.8. The summed E-state index contributed by atoms with van der Waals surface area (Å²) in [5.74, 6) is 0.785. The van der Waals surface area contributed by atoms with Crippen LogP contribution in [-0.2, 0) is 13.0 Å². The van der Waals surface area contributed by atoms with Crippen LogP contribution in [0.3, 0.4) is 0 Å². The third kappa shape index (κ3) is 4.13. The average molecular weight is 297 g/mol. The average Bonchev–Trinajstić information content (AvgIpc) is 2.42. The molecule has 0 aliphatic heterocycles. The van der Waals surface area contributed by atoms with E-state index in [1.54, 1.807) is 12.1 Å². The van der Waals surface area contributed by atoms with Gasteiger partial charge in [-0.05, 0) is 41.8 Å². The minimum absolute atomic E-state index is 0.156. The van der Waals surface area contributed by atoms with Gasteiger partial charge in [-0.2, -0.15) is 0 Å². The van der Waals surface area contributed by atoms with E-state index >= 15 is 0 Å². The second-order valence-corrected chi connectivity index (χ2v) is 4.97. The first-order valence-corrected chi connectivity index (χ1v) is 6.71. The Morgan fingerprint density at radius 1 is 0.895 bits per heavy atom. The Kier molecular flexibility index (Phi) is 5.08. The minimum atomic E-state index is 0.156. The van der Waals surface area contributed by atoms with Crippen LogP contribution in [-0.4, -0.2) is 11.7 Å². The highest BCUT2D eigenvalue weighted by Gasteiger charge is 2.01. The molecule has 0 saturated heterocycles. The van der Waals surface area contributed by atoms with Gasteiger partial charge in [0.2, 0.25) is 0 Å². The fraction of sp³-hybridized carbons (Fsp3) is 0.200. The quantitative estimate of drug-likeness (QED) is 0.900. The van der Waals surface area contributed by atoms with Crippen molar-refractivity contribution in [2.45, 2.75) is 13.0 Å². The maximum atomic E-state index is 8.83. The van der Waals surface area contributed by atoms with Crippen molar-refractivity contribution >= 4 is 23.2 Å². The molecule has 0 unspecified atom stereocenters. The molecule has 100 valence electrons. The van der Waals surface area contributed by atoms with Crippen LogP contribution in [0.5, 0.6) is 5.75 Å². The zero-order chi connectivity index (χ0) is 13.7. The van der Waals surface area contributed by atoms with E-state index < -0.39 is 0 Å². The number of hydrogen-bond donors (Lipinski definition) is 1. The summed E-state index contributed by atoms with van der Waals surface area (Å²) in [6, 6.07) is 13.1. The number of ether oxygens (including phenoxy) is 1. The Bertz CT molecular complexity index is 538. The molecular formula is C15H14Cl2O2. The summed E-state index contributed by atoms with van der Waals surface area (Å²) in [7, 11) is 0. The van der Waals surface area contributed by atoms with Crippen LogP contribution in [0.1, 0.15) is 11.1 Å². The second kappa shape index (κ2) is 6.80. The minimum Gasteiger partial charge on any atom is -0.489 e. The lowest BCUT2D eigenvalue weighted by Crippen LogP contribution is -1.96. The van der Waals surface area contributed by atoms with Crippen molar-refractivity contribution in [3.8, 4) is 5.75 Å². The number of aliphatic hydroxyl groups excluding tert-OH is 1. The maximum Gasteiger partial charge on any atom is 0.119 e. The van der Waals surface area contributed by atoms with E-state index in [1.807, 2.05) is 30.3 Å². The number of rotatable bonds is 5. The van der Waals surface area contributed by atoms with Gasteiger partial charge in [0.25, 0.3) is 0 Å². The van der Waals surface area contributed by atoms with E-state index in [9.17, 15) is 0 Å². The molecule has 0 radical (unpaired) electrons. The summed E-state index contributed by atoms with van der Waals surface area (Å²) < 4.78 is 5.66. The fourth-order valence-corrected chi connectivity index (χ4v) is 2.00. The number of halogens is 2. The largest absolute Gasteiger partial charge is 0.489 e. The summed E-state index contributed by atoms with van der Waals surface area (Å²) in [6.45, 7) is 0.597. The summed E-state index contributed by atoms with van der Waals surface area (Å²) in [5.41, 5.74) is 2.05. The Hall–Kier alpha value is -1.22. The number of hydrogen-bond acceptors (Lipinski definition) is 2. The molecule has 0 heterocycles. The van der Waals surface area contributed by atoms with Gasteiger partial charge in [0.05, 0.1) is 10.0 Å². The highest BCUT2D eigenvalue weighted by atomic mass is 35.5. The molecular weight excluding hydrogens is 283 g/mol. The lowest BCUT2D eigenvalue weighted by Gasteiger charge is -2.08. The van der Waals surface area contributed by atoms with E-state index in [2.05, 4.69) is 0 Å². The van der Waals surface area contributed by atoms with Crippen molar-refractivity contribution in [3.05, 3.63) is 63.6 Å². The molecule has 0 aliphatic rings. The molecule has 0 aliphatic carbocycles. The molecule has 4 heteroatoms. The molecule has 2 rings (SSSR count).